The molecule has 0 heterocycles. The lowest BCUT2D eigenvalue weighted by atomic mass is 9.87. The Hall–Kier alpha value is -1.88. The molecule has 0 aliphatic heterocycles. The molecule has 5 heteroatoms. The smallest absolute Gasteiger partial charge is 0.335 e. The van der Waals surface area contributed by atoms with Crippen LogP contribution >= 0.6 is 0 Å². The maximum Gasteiger partial charge on any atom is 0.335 e. The summed E-state index contributed by atoms with van der Waals surface area (Å²) in [4.78, 5) is 23.6. The van der Waals surface area contributed by atoms with Gasteiger partial charge in [-0.2, -0.15) is 0 Å². The van der Waals surface area contributed by atoms with Crippen LogP contribution in [0, 0.1) is 5.41 Å². The van der Waals surface area contributed by atoms with E-state index in [0.29, 0.717) is 12.3 Å². The summed E-state index contributed by atoms with van der Waals surface area (Å²) in [5.74, 6) is -1.05. The van der Waals surface area contributed by atoms with E-state index in [1.807, 2.05) is 6.92 Å². The number of anilines is 1. The van der Waals surface area contributed by atoms with E-state index in [1.54, 1.807) is 19.2 Å². The largest absolute Gasteiger partial charge is 0.478 e. The molecular weight excluding hydrogens is 270 g/mol. The van der Waals surface area contributed by atoms with Gasteiger partial charge in [-0.25, -0.2) is 4.79 Å². The van der Waals surface area contributed by atoms with Crippen LogP contribution in [0.1, 0.15) is 48.5 Å². The summed E-state index contributed by atoms with van der Waals surface area (Å²) in [6.45, 7) is 2.27. The molecule has 1 fully saturated rings. The van der Waals surface area contributed by atoms with E-state index in [9.17, 15) is 9.59 Å². The van der Waals surface area contributed by atoms with Gasteiger partial charge in [0.15, 0.2) is 0 Å². The Morgan fingerprint density at radius 1 is 1.29 bits per heavy atom. The molecule has 5 nitrogen and oxygen atoms in total. The van der Waals surface area contributed by atoms with Gasteiger partial charge in [-0.15, -0.1) is 0 Å². The first kappa shape index (κ1) is 15.5. The van der Waals surface area contributed by atoms with E-state index >= 15 is 0 Å². The van der Waals surface area contributed by atoms with Gasteiger partial charge in [-0.05, 0) is 36.6 Å². The van der Waals surface area contributed by atoms with E-state index in [1.165, 1.54) is 6.07 Å². The number of hydrogen-bond acceptors (Lipinski definition) is 3. The number of carbonyl (C=O) groups excluding carboxylic acids is 1. The maximum absolute atomic E-state index is 12.4. The van der Waals surface area contributed by atoms with Crippen molar-refractivity contribution in [1.29, 1.82) is 0 Å². The second kappa shape index (κ2) is 6.26. The molecule has 2 rings (SSSR count). The van der Waals surface area contributed by atoms with Crippen molar-refractivity contribution in [2.24, 2.45) is 5.41 Å². The van der Waals surface area contributed by atoms with Gasteiger partial charge in [-0.1, -0.05) is 19.8 Å². The Balaban J connectivity index is 2.22. The first-order valence-corrected chi connectivity index (χ1v) is 7.12. The predicted octanol–water partition coefficient (Wildman–Crippen LogP) is 3.05. The number of carboxylic acids is 1. The first-order valence-electron chi connectivity index (χ1n) is 7.12. The van der Waals surface area contributed by atoms with Gasteiger partial charge in [0, 0.05) is 18.2 Å². The monoisotopic (exact) mass is 291 g/mol. The van der Waals surface area contributed by atoms with Gasteiger partial charge in [0.05, 0.1) is 12.2 Å². The zero-order valence-electron chi connectivity index (χ0n) is 12.4. The predicted molar refractivity (Wildman–Crippen MR) is 79.3 cm³/mol. The summed E-state index contributed by atoms with van der Waals surface area (Å²) in [6, 6.07) is 4.79. The van der Waals surface area contributed by atoms with Crippen LogP contribution in [0.3, 0.4) is 0 Å². The number of rotatable bonds is 5. The van der Waals surface area contributed by atoms with Crippen molar-refractivity contribution >= 4 is 17.6 Å². The highest BCUT2D eigenvalue weighted by molar-refractivity contribution is 5.97. The van der Waals surface area contributed by atoms with Crippen LogP contribution in [0.4, 0.5) is 5.69 Å². The molecule has 1 saturated carbocycles. The highest BCUT2D eigenvalue weighted by Crippen LogP contribution is 2.38. The Labute approximate surface area is 124 Å². The summed E-state index contributed by atoms with van der Waals surface area (Å²) in [5.41, 5.74) is 1.04. The lowest BCUT2D eigenvalue weighted by Crippen LogP contribution is -2.30. The molecule has 0 atom stereocenters. The van der Waals surface area contributed by atoms with E-state index in [0.717, 1.165) is 31.2 Å². The summed E-state index contributed by atoms with van der Waals surface area (Å²) < 4.78 is 5.04. The molecule has 2 N–H and O–H groups in total. The third-order valence-electron chi connectivity index (χ3n) is 4.06. The van der Waals surface area contributed by atoms with Crippen molar-refractivity contribution in [2.45, 2.75) is 39.2 Å². The Morgan fingerprint density at radius 3 is 2.52 bits per heavy atom. The average molecular weight is 291 g/mol. The zero-order valence-corrected chi connectivity index (χ0v) is 12.4. The maximum atomic E-state index is 12.4. The fourth-order valence-corrected chi connectivity index (χ4v) is 2.80. The van der Waals surface area contributed by atoms with Gasteiger partial charge in [-0.3, -0.25) is 4.79 Å². The van der Waals surface area contributed by atoms with Crippen molar-refractivity contribution in [1.82, 2.24) is 0 Å². The topological polar surface area (TPSA) is 75.6 Å². The van der Waals surface area contributed by atoms with E-state index in [4.69, 9.17) is 9.84 Å². The van der Waals surface area contributed by atoms with Gasteiger partial charge in [0.2, 0.25) is 5.91 Å². The normalized spacial score (nSPS) is 16.7. The lowest BCUT2D eigenvalue weighted by Gasteiger charge is -2.22. The number of hydrogen-bond donors (Lipinski definition) is 2. The quantitative estimate of drug-likeness (QED) is 0.874. The number of nitrogens with one attached hydrogen (secondary N) is 1. The Bertz CT molecular complexity index is 547. The number of carboxylic acid groups (broad SMARTS) is 1. The van der Waals surface area contributed by atoms with Crippen LogP contribution in [0.2, 0.25) is 0 Å². The molecule has 0 radical (unpaired) electrons. The van der Waals surface area contributed by atoms with Crippen LogP contribution < -0.4 is 5.32 Å². The van der Waals surface area contributed by atoms with Crippen LogP contribution in [0.5, 0.6) is 0 Å². The third-order valence-corrected chi connectivity index (χ3v) is 4.06. The van der Waals surface area contributed by atoms with Crippen molar-refractivity contribution in [3.05, 3.63) is 29.3 Å². The molecule has 1 aromatic carbocycles. The SMILES string of the molecule is COCc1cc(NC(=O)C2(C)CCCC2)cc(C(=O)O)c1. The number of benzene rings is 1. The third kappa shape index (κ3) is 3.61. The number of aromatic carboxylic acids is 1. The minimum Gasteiger partial charge on any atom is -0.478 e. The Kier molecular flexibility index (Phi) is 4.63. The second-order valence-corrected chi connectivity index (χ2v) is 5.88. The molecule has 0 aromatic heterocycles. The number of methoxy groups -OCH3 is 1. The van der Waals surface area contributed by atoms with Crippen LogP contribution in [0.25, 0.3) is 0 Å². The second-order valence-electron chi connectivity index (χ2n) is 5.88. The molecule has 0 bridgehead atoms. The molecular formula is C16H21NO4. The summed E-state index contributed by atoms with van der Waals surface area (Å²) in [6.07, 6.45) is 3.88. The molecule has 1 aromatic rings. The standard InChI is InChI=1S/C16H21NO4/c1-16(5-3-4-6-16)15(20)17-13-8-11(10-21-2)7-12(9-13)14(18)19/h7-9H,3-6,10H2,1-2H3,(H,17,20)(H,18,19). The van der Waals surface area contributed by atoms with Gasteiger partial charge in [0.25, 0.3) is 0 Å². The molecule has 0 spiro atoms. The molecule has 114 valence electrons. The zero-order chi connectivity index (χ0) is 15.5. The average Bonchev–Trinajstić information content (AvgIpc) is 2.87. The van der Waals surface area contributed by atoms with E-state index in [2.05, 4.69) is 5.32 Å². The molecule has 1 aliphatic rings. The van der Waals surface area contributed by atoms with Gasteiger partial charge in [0.1, 0.15) is 0 Å². The van der Waals surface area contributed by atoms with Crippen molar-refractivity contribution in [2.75, 3.05) is 12.4 Å². The highest BCUT2D eigenvalue weighted by Gasteiger charge is 2.36. The van der Waals surface area contributed by atoms with E-state index in [-0.39, 0.29) is 16.9 Å². The fraction of sp³-hybridized carbons (Fsp3) is 0.500. The number of carbonyl (C=O) groups is 2. The van der Waals surface area contributed by atoms with E-state index < -0.39 is 5.97 Å². The van der Waals surface area contributed by atoms with Crippen molar-refractivity contribution in [3.63, 3.8) is 0 Å². The number of amides is 1. The van der Waals surface area contributed by atoms with Crippen LogP contribution in [-0.2, 0) is 16.1 Å². The Morgan fingerprint density at radius 2 is 1.95 bits per heavy atom. The van der Waals surface area contributed by atoms with Gasteiger partial charge >= 0.3 is 5.97 Å². The summed E-state index contributed by atoms with van der Waals surface area (Å²) >= 11 is 0. The molecule has 1 aliphatic carbocycles. The van der Waals surface area contributed by atoms with Crippen molar-refractivity contribution in [3.8, 4) is 0 Å². The first-order chi connectivity index (χ1) is 9.94. The number of ether oxygens (including phenoxy) is 1. The summed E-state index contributed by atoms with van der Waals surface area (Å²) in [7, 11) is 1.55. The van der Waals surface area contributed by atoms with Crippen LogP contribution in [-0.4, -0.2) is 24.1 Å². The fourth-order valence-electron chi connectivity index (χ4n) is 2.80. The molecule has 1 amide bonds. The van der Waals surface area contributed by atoms with Crippen LogP contribution in [0.15, 0.2) is 18.2 Å². The highest BCUT2D eigenvalue weighted by atomic mass is 16.5. The summed E-state index contributed by atoms with van der Waals surface area (Å²) in [5, 5.41) is 12.0. The molecule has 0 saturated heterocycles. The molecule has 0 unspecified atom stereocenters. The minimum absolute atomic E-state index is 0.0362. The minimum atomic E-state index is -1.02. The van der Waals surface area contributed by atoms with Gasteiger partial charge < -0.3 is 15.2 Å². The lowest BCUT2D eigenvalue weighted by molar-refractivity contribution is -0.124. The van der Waals surface area contributed by atoms with Crippen molar-refractivity contribution < 1.29 is 19.4 Å². The molecule has 21 heavy (non-hydrogen) atoms.